The number of hydrogen-bond donors (Lipinski definition) is 0. The van der Waals surface area contributed by atoms with Crippen molar-refractivity contribution in [3.8, 4) is 11.5 Å². The van der Waals surface area contributed by atoms with Gasteiger partial charge in [-0.25, -0.2) is 0 Å². The average molecular weight is 573 g/mol. The number of allylic oxidation sites excluding steroid dienone is 6. The monoisotopic (exact) mass is 572 g/mol. The Labute approximate surface area is 245 Å². The van der Waals surface area contributed by atoms with Crippen molar-refractivity contribution in [1.29, 1.82) is 0 Å². The Hall–Kier alpha value is -3.09. The lowest BCUT2D eigenvalue weighted by atomic mass is 9.76. The summed E-state index contributed by atoms with van der Waals surface area (Å²) < 4.78 is 12.1. The Balaban J connectivity index is 1.56. The highest BCUT2D eigenvalue weighted by molar-refractivity contribution is 8.03. The molecule has 0 bridgehead atoms. The number of rotatable bonds is 5. The van der Waals surface area contributed by atoms with E-state index in [0.717, 1.165) is 43.2 Å². The molecule has 1 unspecified atom stereocenters. The highest BCUT2D eigenvalue weighted by Gasteiger charge is 2.35. The zero-order valence-electron chi connectivity index (χ0n) is 24.4. The van der Waals surface area contributed by atoms with Gasteiger partial charge in [0.25, 0.3) is 0 Å². The fourth-order valence-electron chi connectivity index (χ4n) is 4.95. The maximum absolute atomic E-state index is 13.5. The molecule has 2 heterocycles. The molecule has 1 aliphatic carbocycles. The van der Waals surface area contributed by atoms with Crippen LogP contribution in [0.4, 0.5) is 0 Å². The highest BCUT2D eigenvalue weighted by Crippen LogP contribution is 2.49. The number of thioether (sulfide) groups is 1. The molecule has 0 saturated carbocycles. The van der Waals surface area contributed by atoms with Crippen molar-refractivity contribution in [2.45, 2.75) is 58.3 Å². The summed E-state index contributed by atoms with van der Waals surface area (Å²) in [6.45, 7) is 13.1. The predicted octanol–water partition coefficient (Wildman–Crippen LogP) is 7.97. The number of Topliss-reactive ketones (excluding diaryl/α,β-unsaturated/α-hetero) is 1. The van der Waals surface area contributed by atoms with E-state index in [1.165, 1.54) is 9.78 Å². The van der Waals surface area contributed by atoms with Crippen molar-refractivity contribution < 1.29 is 19.4 Å². The summed E-state index contributed by atoms with van der Waals surface area (Å²) in [5.74, 6) is 0.654. The van der Waals surface area contributed by atoms with Crippen LogP contribution in [-0.4, -0.2) is 20.0 Å². The maximum atomic E-state index is 13.5. The lowest BCUT2D eigenvalue weighted by Crippen LogP contribution is -2.38. The van der Waals surface area contributed by atoms with Gasteiger partial charge < -0.3 is 14.6 Å². The molecule has 1 aliphatic heterocycles. The van der Waals surface area contributed by atoms with Gasteiger partial charge in [-0.1, -0.05) is 53.3 Å². The third-order valence-electron chi connectivity index (χ3n) is 7.43. The van der Waals surface area contributed by atoms with Crippen LogP contribution >= 0.6 is 23.1 Å². The van der Waals surface area contributed by atoms with Crippen LogP contribution in [0.1, 0.15) is 57.5 Å². The summed E-state index contributed by atoms with van der Waals surface area (Å²) in [6.07, 6.45) is 4.29. The van der Waals surface area contributed by atoms with Crippen LogP contribution in [0.15, 0.2) is 75.7 Å². The van der Waals surface area contributed by atoms with E-state index in [2.05, 4.69) is 59.8 Å². The largest absolute Gasteiger partial charge is 0.874 e. The van der Waals surface area contributed by atoms with Crippen LogP contribution in [0.3, 0.4) is 0 Å². The number of fused-ring (bicyclic) bond motifs is 2. The van der Waals surface area contributed by atoms with E-state index in [4.69, 9.17) is 9.47 Å². The van der Waals surface area contributed by atoms with Crippen LogP contribution in [0, 0.1) is 11.3 Å². The van der Waals surface area contributed by atoms with Gasteiger partial charge in [-0.15, -0.1) is 5.76 Å². The van der Waals surface area contributed by atoms with Gasteiger partial charge in [0, 0.05) is 39.3 Å². The number of benzene rings is 2. The predicted molar refractivity (Wildman–Crippen MR) is 165 cm³/mol. The molecule has 208 valence electrons. The van der Waals surface area contributed by atoms with E-state index in [1.54, 1.807) is 43.4 Å². The molecule has 4 nitrogen and oxygen atoms in total. The lowest BCUT2D eigenvalue weighted by Gasteiger charge is -2.36. The molecule has 5 rings (SSSR count). The van der Waals surface area contributed by atoms with Gasteiger partial charge in [0.1, 0.15) is 11.5 Å². The molecule has 6 heteroatoms. The molecule has 3 aromatic rings. The average Bonchev–Trinajstić information content (AvgIpc) is 2.92. The molecular formula is C34H36O4S2. The van der Waals surface area contributed by atoms with E-state index >= 15 is 0 Å². The Kier molecular flexibility index (Phi) is 7.38. The van der Waals surface area contributed by atoms with Crippen LogP contribution in [0.2, 0.25) is 0 Å². The summed E-state index contributed by atoms with van der Waals surface area (Å²) in [4.78, 5) is 17.0. The summed E-state index contributed by atoms with van der Waals surface area (Å²) in [5, 5.41) is 14.6. The molecule has 0 radical (unpaired) electrons. The highest BCUT2D eigenvalue weighted by atomic mass is 32.2. The van der Waals surface area contributed by atoms with Gasteiger partial charge in [0.2, 0.25) is 20.9 Å². The molecule has 1 atom stereocenters. The molecule has 0 saturated heterocycles. The fraction of sp³-hybridized carbons (Fsp3) is 0.353. The first-order valence-electron chi connectivity index (χ1n) is 13.5. The van der Waals surface area contributed by atoms with Gasteiger partial charge >= 0.3 is 0 Å². The minimum Gasteiger partial charge on any atom is -0.874 e. The van der Waals surface area contributed by atoms with Gasteiger partial charge in [0.05, 0.1) is 14.2 Å². The zero-order chi connectivity index (χ0) is 29.0. The maximum Gasteiger partial charge on any atom is 0.238 e. The third-order valence-corrected chi connectivity index (χ3v) is 10.5. The van der Waals surface area contributed by atoms with Crippen LogP contribution in [0.5, 0.6) is 11.5 Å². The Bertz CT molecular complexity index is 1610. The molecule has 2 aliphatic rings. The van der Waals surface area contributed by atoms with Crippen molar-refractivity contribution >= 4 is 44.5 Å². The SMILES string of the molecule is COc1ccc2c(c1)/C(=C/C1=C([O-])C(Cc3cc(C(C)(C)C)[s+]c4ccc(OC)cc34)C1=O)C=C(C(C)(C)C)S2. The van der Waals surface area contributed by atoms with Gasteiger partial charge in [-0.3, -0.25) is 4.79 Å². The van der Waals surface area contributed by atoms with Crippen molar-refractivity contribution in [3.05, 3.63) is 86.9 Å². The van der Waals surface area contributed by atoms with Crippen LogP contribution in [-0.2, 0) is 16.6 Å². The fourth-order valence-corrected chi connectivity index (χ4v) is 7.28. The number of methoxy groups -OCH3 is 2. The number of hydrogen-bond acceptors (Lipinski definition) is 5. The number of carbonyl (C=O) groups is 1. The van der Waals surface area contributed by atoms with E-state index in [9.17, 15) is 9.90 Å². The summed E-state index contributed by atoms with van der Waals surface area (Å²) in [5.41, 5.74) is 3.03. The molecule has 0 fully saturated rings. The number of carbonyl (C=O) groups excluding carboxylic acids is 1. The van der Waals surface area contributed by atoms with E-state index in [-0.39, 0.29) is 27.9 Å². The quantitative estimate of drug-likeness (QED) is 0.290. The van der Waals surface area contributed by atoms with Crippen LogP contribution in [0.25, 0.3) is 15.7 Å². The van der Waals surface area contributed by atoms with E-state index in [0.29, 0.717) is 6.42 Å². The first-order chi connectivity index (χ1) is 18.8. The molecular weight excluding hydrogens is 537 g/mol. The smallest absolute Gasteiger partial charge is 0.238 e. The lowest BCUT2D eigenvalue weighted by molar-refractivity contribution is -0.318. The topological polar surface area (TPSA) is 58.6 Å². The van der Waals surface area contributed by atoms with Crippen molar-refractivity contribution in [3.63, 3.8) is 0 Å². The molecule has 40 heavy (non-hydrogen) atoms. The van der Waals surface area contributed by atoms with Crippen molar-refractivity contribution in [1.82, 2.24) is 0 Å². The molecule has 0 spiro atoms. The van der Waals surface area contributed by atoms with E-state index < -0.39 is 5.92 Å². The Morgan fingerprint density at radius 1 is 0.950 bits per heavy atom. The molecule has 0 amide bonds. The van der Waals surface area contributed by atoms with Gasteiger partial charge in [-0.05, 0) is 75.9 Å². The first-order valence-corrected chi connectivity index (χ1v) is 15.1. The standard InChI is InChI=1S/C34H36O4S2/c1-33(2,3)29-15-19(23-17-21(37-7)9-11-27(23)39-29)13-25-31(35)26(32(25)36)14-20-16-30(34(4,5)6)40-28-12-10-22(38-8)18-24(20)28/h9-13,15-18,26H,14H2,1-8H3/b19-13+. The van der Waals surface area contributed by atoms with Gasteiger partial charge in [0.15, 0.2) is 5.78 Å². The third kappa shape index (κ3) is 5.31. The summed E-state index contributed by atoms with van der Waals surface area (Å²) in [7, 11) is 3.29. The second-order valence-corrected chi connectivity index (χ2v) is 14.6. The number of ether oxygens (including phenoxy) is 2. The second-order valence-electron chi connectivity index (χ2n) is 12.5. The van der Waals surface area contributed by atoms with Crippen molar-refractivity contribution in [2.24, 2.45) is 11.3 Å². The zero-order valence-corrected chi connectivity index (χ0v) is 26.1. The van der Waals surface area contributed by atoms with Crippen molar-refractivity contribution in [2.75, 3.05) is 14.2 Å². The molecule has 1 aromatic heterocycles. The Morgan fingerprint density at radius 3 is 2.25 bits per heavy atom. The minimum absolute atomic E-state index is 0.0482. The number of ketones is 1. The normalized spacial score (nSPS) is 18.5. The summed E-state index contributed by atoms with van der Waals surface area (Å²) >= 11 is 3.47. The minimum atomic E-state index is -0.671. The molecule has 0 N–H and O–H groups in total. The van der Waals surface area contributed by atoms with Gasteiger partial charge in [-0.2, -0.15) is 0 Å². The van der Waals surface area contributed by atoms with E-state index in [1.807, 2.05) is 30.3 Å². The second kappa shape index (κ2) is 10.4. The first kappa shape index (κ1) is 28.4. The van der Waals surface area contributed by atoms with Crippen LogP contribution < -0.4 is 14.6 Å². The molecule has 2 aromatic carbocycles. The summed E-state index contributed by atoms with van der Waals surface area (Å²) in [6, 6.07) is 14.2. The Morgan fingerprint density at radius 2 is 1.62 bits per heavy atom.